The van der Waals surface area contributed by atoms with Crippen LogP contribution in [0.25, 0.3) is 0 Å². The summed E-state index contributed by atoms with van der Waals surface area (Å²) < 4.78 is 18.8. The Bertz CT molecular complexity index is 677. The third kappa shape index (κ3) is 3.64. The average Bonchev–Trinajstić information content (AvgIpc) is 2.47. The number of rotatable bonds is 5. The molecule has 3 N–H and O–H groups in total. The van der Waals surface area contributed by atoms with Gasteiger partial charge in [-0.15, -0.1) is 0 Å². The molecule has 0 spiro atoms. The number of benzene rings is 2. The molecule has 0 aliphatic heterocycles. The van der Waals surface area contributed by atoms with E-state index in [0.29, 0.717) is 16.3 Å². The molecule has 21 heavy (non-hydrogen) atoms. The fraction of sp³-hybridized carbons (Fsp3) is 0.133. The molecule has 0 atom stereocenters. The van der Waals surface area contributed by atoms with Gasteiger partial charge < -0.3 is 15.8 Å². The zero-order chi connectivity index (χ0) is 15.4. The van der Waals surface area contributed by atoms with Crippen LogP contribution in [0.3, 0.4) is 0 Å². The predicted octanol–water partition coefficient (Wildman–Crippen LogP) is 3.20. The minimum atomic E-state index is -0.593. The number of nitrogens with two attached hydrogens (primary N) is 1. The van der Waals surface area contributed by atoms with Crippen LogP contribution in [-0.4, -0.2) is 13.0 Å². The Morgan fingerprint density at radius 3 is 2.76 bits per heavy atom. The molecule has 0 radical (unpaired) electrons. The molecule has 0 aliphatic rings. The van der Waals surface area contributed by atoms with Crippen molar-refractivity contribution in [2.45, 2.75) is 6.54 Å². The van der Waals surface area contributed by atoms with Crippen molar-refractivity contribution in [3.63, 3.8) is 0 Å². The summed E-state index contributed by atoms with van der Waals surface area (Å²) in [5.41, 5.74) is 6.52. The Labute approximate surface area is 126 Å². The first-order valence-corrected chi connectivity index (χ1v) is 6.54. The zero-order valence-electron chi connectivity index (χ0n) is 11.3. The van der Waals surface area contributed by atoms with E-state index in [1.165, 1.54) is 25.3 Å². The smallest absolute Gasteiger partial charge is 0.248 e. The average molecular weight is 309 g/mol. The van der Waals surface area contributed by atoms with Crippen LogP contribution in [0.15, 0.2) is 36.4 Å². The number of halogens is 2. The maximum atomic E-state index is 13.7. The van der Waals surface area contributed by atoms with Gasteiger partial charge >= 0.3 is 0 Å². The lowest BCUT2D eigenvalue weighted by Crippen LogP contribution is -2.12. The summed E-state index contributed by atoms with van der Waals surface area (Å²) in [7, 11) is 1.51. The minimum absolute atomic E-state index is 0.206. The number of carbonyl (C=O) groups excluding carboxylic acids is 1. The highest BCUT2D eigenvalue weighted by atomic mass is 35.5. The Morgan fingerprint density at radius 1 is 1.33 bits per heavy atom. The Hall–Kier alpha value is -2.27. The van der Waals surface area contributed by atoms with Crippen molar-refractivity contribution in [2.24, 2.45) is 5.73 Å². The van der Waals surface area contributed by atoms with Gasteiger partial charge in [0.05, 0.1) is 12.1 Å². The molecule has 0 unspecified atom stereocenters. The van der Waals surface area contributed by atoms with E-state index >= 15 is 0 Å². The molecule has 0 aromatic heterocycles. The van der Waals surface area contributed by atoms with Crippen LogP contribution in [0, 0.1) is 5.82 Å². The highest BCUT2D eigenvalue weighted by molar-refractivity contribution is 6.32. The molecule has 4 nitrogen and oxygen atoms in total. The number of primary amides is 1. The zero-order valence-corrected chi connectivity index (χ0v) is 12.1. The van der Waals surface area contributed by atoms with E-state index in [1.54, 1.807) is 18.2 Å². The summed E-state index contributed by atoms with van der Waals surface area (Å²) in [6.45, 7) is 0.206. The second-order valence-electron chi connectivity index (χ2n) is 4.37. The Balaban J connectivity index is 2.16. The molecule has 0 aliphatic carbocycles. The molecule has 6 heteroatoms. The maximum absolute atomic E-state index is 13.7. The number of ether oxygens (including phenoxy) is 1. The summed E-state index contributed by atoms with van der Waals surface area (Å²) in [4.78, 5) is 11.1. The molecule has 0 saturated heterocycles. The molecule has 0 bridgehead atoms. The molecular weight excluding hydrogens is 295 g/mol. The van der Waals surface area contributed by atoms with Crippen molar-refractivity contribution in [3.8, 4) is 5.75 Å². The van der Waals surface area contributed by atoms with Crippen LogP contribution in [0.2, 0.25) is 5.02 Å². The fourth-order valence-corrected chi connectivity index (χ4v) is 2.03. The first-order chi connectivity index (χ1) is 10.0. The van der Waals surface area contributed by atoms with Gasteiger partial charge in [-0.1, -0.05) is 11.6 Å². The van der Waals surface area contributed by atoms with Gasteiger partial charge in [0, 0.05) is 29.4 Å². The topological polar surface area (TPSA) is 64.3 Å². The number of hydrogen-bond acceptors (Lipinski definition) is 3. The van der Waals surface area contributed by atoms with Crippen LogP contribution >= 0.6 is 11.6 Å². The van der Waals surface area contributed by atoms with E-state index in [9.17, 15) is 9.18 Å². The number of methoxy groups -OCH3 is 1. The summed E-state index contributed by atoms with van der Waals surface area (Å²) in [6, 6.07) is 9.14. The molecule has 110 valence electrons. The lowest BCUT2D eigenvalue weighted by atomic mass is 10.1. The van der Waals surface area contributed by atoms with Gasteiger partial charge in [-0.2, -0.15) is 0 Å². The molecule has 2 rings (SSSR count). The van der Waals surface area contributed by atoms with E-state index in [-0.39, 0.29) is 12.1 Å². The highest BCUT2D eigenvalue weighted by Crippen LogP contribution is 2.27. The standard InChI is InChI=1S/C15H14ClFN2O2/c1-21-14-7-11(3-4-12(14)16)19-8-10-6-9(15(18)20)2-5-13(10)17/h2-7,19H,8H2,1H3,(H2,18,20). The van der Waals surface area contributed by atoms with E-state index in [0.717, 1.165) is 5.69 Å². The molecular formula is C15H14ClFN2O2. The quantitative estimate of drug-likeness (QED) is 0.891. The monoisotopic (exact) mass is 308 g/mol. The Morgan fingerprint density at radius 2 is 2.10 bits per heavy atom. The number of nitrogens with one attached hydrogen (secondary N) is 1. The number of hydrogen-bond donors (Lipinski definition) is 2. The second-order valence-corrected chi connectivity index (χ2v) is 4.78. The summed E-state index contributed by atoms with van der Waals surface area (Å²) in [6.07, 6.45) is 0. The van der Waals surface area contributed by atoms with Crippen molar-refractivity contribution in [1.29, 1.82) is 0 Å². The third-order valence-electron chi connectivity index (χ3n) is 2.96. The van der Waals surface area contributed by atoms with Crippen molar-refractivity contribution in [1.82, 2.24) is 0 Å². The van der Waals surface area contributed by atoms with Gasteiger partial charge in [0.15, 0.2) is 0 Å². The SMILES string of the molecule is COc1cc(NCc2cc(C(N)=O)ccc2F)ccc1Cl. The van der Waals surface area contributed by atoms with Crippen LogP contribution < -0.4 is 15.8 Å². The lowest BCUT2D eigenvalue weighted by Gasteiger charge is -2.10. The fourth-order valence-electron chi connectivity index (χ4n) is 1.83. The second kappa shape index (κ2) is 6.45. The van der Waals surface area contributed by atoms with Gasteiger partial charge in [0.25, 0.3) is 0 Å². The number of carbonyl (C=O) groups is 1. The summed E-state index contributed by atoms with van der Waals surface area (Å²) in [5, 5.41) is 3.53. The summed E-state index contributed by atoms with van der Waals surface area (Å²) in [5.74, 6) is -0.481. The largest absolute Gasteiger partial charge is 0.495 e. The van der Waals surface area contributed by atoms with E-state index in [2.05, 4.69) is 5.32 Å². The van der Waals surface area contributed by atoms with Crippen LogP contribution in [0.1, 0.15) is 15.9 Å². The van der Waals surface area contributed by atoms with Crippen LogP contribution in [-0.2, 0) is 6.54 Å². The van der Waals surface area contributed by atoms with Gasteiger partial charge in [0.2, 0.25) is 5.91 Å². The van der Waals surface area contributed by atoms with Gasteiger partial charge in [-0.25, -0.2) is 4.39 Å². The minimum Gasteiger partial charge on any atom is -0.495 e. The molecule has 0 saturated carbocycles. The molecule has 0 fully saturated rings. The van der Waals surface area contributed by atoms with Crippen molar-refractivity contribution >= 4 is 23.2 Å². The van der Waals surface area contributed by atoms with Gasteiger partial charge in [-0.05, 0) is 30.3 Å². The number of anilines is 1. The lowest BCUT2D eigenvalue weighted by molar-refractivity contribution is 0.1000. The molecule has 2 aromatic rings. The summed E-state index contributed by atoms with van der Waals surface area (Å²) >= 11 is 5.93. The Kier molecular flexibility index (Phi) is 4.65. The molecule has 0 heterocycles. The van der Waals surface area contributed by atoms with E-state index in [1.807, 2.05) is 0 Å². The first-order valence-electron chi connectivity index (χ1n) is 6.17. The van der Waals surface area contributed by atoms with Crippen LogP contribution in [0.5, 0.6) is 5.75 Å². The highest BCUT2D eigenvalue weighted by Gasteiger charge is 2.08. The van der Waals surface area contributed by atoms with E-state index < -0.39 is 11.7 Å². The van der Waals surface area contributed by atoms with Gasteiger partial charge in [-0.3, -0.25) is 4.79 Å². The van der Waals surface area contributed by atoms with Crippen molar-refractivity contribution in [2.75, 3.05) is 12.4 Å². The third-order valence-corrected chi connectivity index (χ3v) is 3.28. The number of amides is 1. The van der Waals surface area contributed by atoms with Gasteiger partial charge in [0.1, 0.15) is 11.6 Å². The van der Waals surface area contributed by atoms with Crippen molar-refractivity contribution < 1.29 is 13.9 Å². The predicted molar refractivity (Wildman–Crippen MR) is 80.2 cm³/mol. The van der Waals surface area contributed by atoms with Crippen molar-refractivity contribution in [3.05, 3.63) is 58.4 Å². The van der Waals surface area contributed by atoms with Crippen LogP contribution in [0.4, 0.5) is 10.1 Å². The normalized spacial score (nSPS) is 10.2. The first kappa shape index (κ1) is 15.1. The molecule has 1 amide bonds. The maximum Gasteiger partial charge on any atom is 0.248 e. The molecule has 2 aromatic carbocycles. The van der Waals surface area contributed by atoms with E-state index in [4.69, 9.17) is 22.1 Å².